The van der Waals surface area contributed by atoms with Gasteiger partial charge in [-0.1, -0.05) is 18.2 Å². The molecule has 0 saturated carbocycles. The van der Waals surface area contributed by atoms with Crippen molar-refractivity contribution in [1.82, 2.24) is 0 Å². The molecule has 0 aliphatic rings. The highest BCUT2D eigenvalue weighted by Gasteiger charge is 2.14. The van der Waals surface area contributed by atoms with Gasteiger partial charge in [0.2, 0.25) is 0 Å². The van der Waals surface area contributed by atoms with Crippen LogP contribution in [0.1, 0.15) is 0 Å². The third-order valence-electron chi connectivity index (χ3n) is 5.01. The van der Waals surface area contributed by atoms with E-state index >= 15 is 0 Å². The first kappa shape index (κ1) is 25.3. The fourth-order valence-corrected chi connectivity index (χ4v) is 3.78. The molecule has 0 radical (unpaired) electrons. The molecule has 4 aromatic carbocycles. The van der Waals surface area contributed by atoms with Crippen LogP contribution in [-0.4, -0.2) is 20.1 Å². The summed E-state index contributed by atoms with van der Waals surface area (Å²) in [5.41, 5.74) is 2.46. The second kappa shape index (κ2) is 10.9. The summed E-state index contributed by atoms with van der Waals surface area (Å²) in [5, 5.41) is 57.3. The van der Waals surface area contributed by atoms with Gasteiger partial charge in [0.15, 0.2) is 11.5 Å². The Balaban J connectivity index is 1.49. The molecule has 0 bridgehead atoms. The number of nitro benzene ring substituents is 2. The lowest BCUT2D eigenvalue weighted by Gasteiger charge is -2.05. The molecule has 0 heterocycles. The van der Waals surface area contributed by atoms with Gasteiger partial charge < -0.3 is 10.2 Å². The molecule has 13 heteroatoms. The average molecular weight is 610 g/mol. The second-order valence-corrected chi connectivity index (χ2v) is 8.64. The van der Waals surface area contributed by atoms with Crippen molar-refractivity contribution in [2.75, 3.05) is 0 Å². The summed E-state index contributed by atoms with van der Waals surface area (Å²) in [7, 11) is 0. The summed E-state index contributed by atoms with van der Waals surface area (Å²) in [6, 6.07) is 20.2. The Hall–Kier alpha value is -4.79. The van der Waals surface area contributed by atoms with Crippen molar-refractivity contribution in [1.29, 1.82) is 0 Å². The number of azo groups is 2. The summed E-state index contributed by atoms with van der Waals surface area (Å²) in [4.78, 5) is 20.5. The van der Waals surface area contributed by atoms with Crippen LogP contribution in [-0.2, 0) is 0 Å². The molecule has 184 valence electrons. The molecule has 2 N–H and O–H groups in total. The number of hydrogen-bond donors (Lipinski definition) is 2. The van der Waals surface area contributed by atoms with E-state index in [1.165, 1.54) is 24.3 Å². The average Bonchev–Trinajstić information content (AvgIpc) is 2.88. The van der Waals surface area contributed by atoms with Crippen LogP contribution in [0.4, 0.5) is 34.1 Å². The molecule has 37 heavy (non-hydrogen) atoms. The van der Waals surface area contributed by atoms with Gasteiger partial charge in [-0.15, -0.1) is 5.11 Å². The van der Waals surface area contributed by atoms with Crippen LogP contribution in [0, 0.1) is 23.8 Å². The van der Waals surface area contributed by atoms with E-state index in [-0.39, 0.29) is 11.4 Å². The van der Waals surface area contributed by atoms with Gasteiger partial charge in [-0.25, -0.2) is 0 Å². The normalized spacial score (nSPS) is 11.3. The van der Waals surface area contributed by atoms with Gasteiger partial charge in [-0.05, 0) is 82.2 Å². The molecule has 0 aliphatic carbocycles. The molecular formula is C24H15IN6O6. The van der Waals surface area contributed by atoms with E-state index in [4.69, 9.17) is 0 Å². The lowest BCUT2D eigenvalue weighted by molar-refractivity contribution is -0.385. The number of phenolic OH excluding ortho intramolecular Hbond substituents is 2. The predicted octanol–water partition coefficient (Wildman–Crippen LogP) is 8.02. The zero-order valence-corrected chi connectivity index (χ0v) is 20.8. The highest BCUT2D eigenvalue weighted by atomic mass is 127. The number of hydrogen-bond acceptors (Lipinski definition) is 10. The number of aromatic hydroxyl groups is 2. The van der Waals surface area contributed by atoms with Crippen LogP contribution in [0.15, 0.2) is 99.3 Å². The van der Waals surface area contributed by atoms with E-state index in [9.17, 15) is 30.4 Å². The Morgan fingerprint density at radius 1 is 0.595 bits per heavy atom. The maximum Gasteiger partial charge on any atom is 0.312 e. The van der Waals surface area contributed by atoms with E-state index in [0.29, 0.717) is 11.4 Å². The van der Waals surface area contributed by atoms with Crippen LogP contribution >= 0.6 is 22.6 Å². The standard InChI is InChI=1S/C24H15IN6O6/c25-19-11-15(3-8-20(19)29-28-18-7-10-24(33)22(13-18)31(36)37)14-1-4-16(5-2-14)26-27-17-6-9-23(32)21(12-17)30(34)35/h1-13,32-33H. The maximum atomic E-state index is 11.0. The van der Waals surface area contributed by atoms with E-state index in [0.717, 1.165) is 26.8 Å². The Kier molecular flexibility index (Phi) is 7.43. The Labute approximate surface area is 222 Å². The molecule has 0 amide bonds. The largest absolute Gasteiger partial charge is 0.502 e. The molecule has 4 aromatic rings. The number of nitrogens with zero attached hydrogens (tertiary/aromatic N) is 6. The zero-order valence-electron chi connectivity index (χ0n) is 18.6. The molecular weight excluding hydrogens is 595 g/mol. The third-order valence-corrected chi connectivity index (χ3v) is 5.88. The minimum absolute atomic E-state index is 0.231. The molecule has 0 atom stereocenters. The van der Waals surface area contributed by atoms with Crippen molar-refractivity contribution in [3.63, 3.8) is 0 Å². The van der Waals surface area contributed by atoms with Crippen molar-refractivity contribution in [2.45, 2.75) is 0 Å². The first-order chi connectivity index (χ1) is 17.7. The minimum atomic E-state index is -0.698. The summed E-state index contributed by atoms with van der Waals surface area (Å²) in [5.74, 6) is -0.889. The third kappa shape index (κ3) is 6.07. The van der Waals surface area contributed by atoms with E-state index in [1.807, 2.05) is 24.3 Å². The van der Waals surface area contributed by atoms with Gasteiger partial charge in [-0.2, -0.15) is 15.3 Å². The van der Waals surface area contributed by atoms with Crippen LogP contribution in [0.3, 0.4) is 0 Å². The summed E-state index contributed by atoms with van der Waals surface area (Å²) >= 11 is 2.11. The van der Waals surface area contributed by atoms with Crippen molar-refractivity contribution in [2.24, 2.45) is 20.5 Å². The first-order valence-corrected chi connectivity index (χ1v) is 11.5. The number of benzene rings is 4. The lowest BCUT2D eigenvalue weighted by Crippen LogP contribution is -1.87. The lowest BCUT2D eigenvalue weighted by atomic mass is 10.1. The number of phenols is 2. The molecule has 0 spiro atoms. The van der Waals surface area contributed by atoms with Crippen molar-refractivity contribution < 1.29 is 20.1 Å². The molecule has 0 aliphatic heterocycles. The molecule has 0 unspecified atom stereocenters. The number of nitro groups is 2. The Morgan fingerprint density at radius 2 is 1.05 bits per heavy atom. The Morgan fingerprint density at radius 3 is 1.57 bits per heavy atom. The quantitative estimate of drug-likeness (QED) is 0.0926. The highest BCUT2D eigenvalue weighted by Crippen LogP contribution is 2.34. The molecule has 4 rings (SSSR count). The van der Waals surface area contributed by atoms with Crippen LogP contribution in [0.2, 0.25) is 0 Å². The van der Waals surface area contributed by atoms with Gasteiger partial charge in [0, 0.05) is 15.7 Å². The monoisotopic (exact) mass is 610 g/mol. The second-order valence-electron chi connectivity index (χ2n) is 7.47. The molecule has 0 saturated heterocycles. The minimum Gasteiger partial charge on any atom is -0.502 e. The van der Waals surface area contributed by atoms with E-state index in [2.05, 4.69) is 43.0 Å². The van der Waals surface area contributed by atoms with Crippen LogP contribution < -0.4 is 0 Å². The fraction of sp³-hybridized carbons (Fsp3) is 0. The summed E-state index contributed by atoms with van der Waals surface area (Å²) in [6.45, 7) is 0. The summed E-state index contributed by atoms with van der Waals surface area (Å²) < 4.78 is 0.796. The highest BCUT2D eigenvalue weighted by molar-refractivity contribution is 14.1. The zero-order chi connectivity index (χ0) is 26.5. The molecule has 0 fully saturated rings. The van der Waals surface area contributed by atoms with Crippen LogP contribution in [0.5, 0.6) is 11.5 Å². The van der Waals surface area contributed by atoms with Crippen molar-refractivity contribution in [3.05, 3.63) is 103 Å². The van der Waals surface area contributed by atoms with Gasteiger partial charge in [0.05, 0.1) is 32.6 Å². The first-order valence-electron chi connectivity index (χ1n) is 10.4. The van der Waals surface area contributed by atoms with Gasteiger partial charge in [0.1, 0.15) is 0 Å². The van der Waals surface area contributed by atoms with Gasteiger partial charge >= 0.3 is 11.4 Å². The Bertz CT molecular complexity index is 1570. The predicted molar refractivity (Wildman–Crippen MR) is 142 cm³/mol. The van der Waals surface area contributed by atoms with E-state index in [1.54, 1.807) is 18.2 Å². The van der Waals surface area contributed by atoms with Gasteiger partial charge in [0.25, 0.3) is 0 Å². The molecule has 12 nitrogen and oxygen atoms in total. The van der Waals surface area contributed by atoms with Crippen molar-refractivity contribution in [3.8, 4) is 22.6 Å². The number of halogens is 1. The van der Waals surface area contributed by atoms with E-state index < -0.39 is 32.7 Å². The van der Waals surface area contributed by atoms with Crippen LogP contribution in [0.25, 0.3) is 11.1 Å². The van der Waals surface area contributed by atoms with Gasteiger partial charge in [-0.3, -0.25) is 20.2 Å². The smallest absolute Gasteiger partial charge is 0.312 e. The topological polar surface area (TPSA) is 176 Å². The SMILES string of the molecule is O=[N+]([O-])c1cc(N=Nc2ccc(-c3ccc(N=Nc4ccc(O)c([N+](=O)[O-])c4)c(I)c3)cc2)ccc1O. The fourth-order valence-electron chi connectivity index (χ4n) is 3.16. The number of rotatable bonds is 7. The van der Waals surface area contributed by atoms with Crippen molar-refractivity contribution >= 4 is 56.7 Å². The summed E-state index contributed by atoms with van der Waals surface area (Å²) in [6.07, 6.45) is 0. The molecule has 0 aromatic heterocycles. The maximum absolute atomic E-state index is 11.0.